The van der Waals surface area contributed by atoms with Gasteiger partial charge in [-0.1, -0.05) is 12.1 Å². The Labute approximate surface area is 93.9 Å². The van der Waals surface area contributed by atoms with Gasteiger partial charge in [0.2, 0.25) is 0 Å². The standard InChI is InChI=1S/C12H14N2O2/c1-16-10-4-2-3-9(7-10)11-8-13-12(14-11)5-6-15/h2-4,7-8,15H,5-6H2,1H3,(H,13,14). The molecule has 0 radical (unpaired) electrons. The molecular formula is C12H14N2O2. The zero-order valence-corrected chi connectivity index (χ0v) is 9.10. The Balaban J connectivity index is 2.27. The van der Waals surface area contributed by atoms with Gasteiger partial charge in [-0.3, -0.25) is 0 Å². The molecule has 0 fully saturated rings. The Hall–Kier alpha value is -1.81. The Morgan fingerprint density at radius 3 is 3.06 bits per heavy atom. The topological polar surface area (TPSA) is 58.1 Å². The van der Waals surface area contributed by atoms with Crippen molar-refractivity contribution in [1.82, 2.24) is 9.97 Å². The number of imidazole rings is 1. The molecule has 16 heavy (non-hydrogen) atoms. The fourth-order valence-electron chi connectivity index (χ4n) is 1.53. The number of rotatable bonds is 4. The van der Waals surface area contributed by atoms with E-state index in [0.29, 0.717) is 6.42 Å². The number of aromatic nitrogens is 2. The van der Waals surface area contributed by atoms with Crippen LogP contribution in [-0.2, 0) is 6.42 Å². The first kappa shape index (κ1) is 10.7. The van der Waals surface area contributed by atoms with E-state index in [4.69, 9.17) is 9.84 Å². The molecule has 1 heterocycles. The number of hydrogen-bond acceptors (Lipinski definition) is 3. The van der Waals surface area contributed by atoms with E-state index in [-0.39, 0.29) is 6.61 Å². The summed E-state index contributed by atoms with van der Waals surface area (Å²) in [5, 5.41) is 8.80. The molecular weight excluding hydrogens is 204 g/mol. The molecule has 0 bridgehead atoms. The van der Waals surface area contributed by atoms with Crippen LogP contribution in [0.2, 0.25) is 0 Å². The lowest BCUT2D eigenvalue weighted by Gasteiger charge is -2.01. The minimum atomic E-state index is 0.102. The van der Waals surface area contributed by atoms with Crippen molar-refractivity contribution < 1.29 is 9.84 Å². The highest BCUT2D eigenvalue weighted by Gasteiger charge is 2.03. The average molecular weight is 218 g/mol. The van der Waals surface area contributed by atoms with Crippen molar-refractivity contribution in [1.29, 1.82) is 0 Å². The Bertz CT molecular complexity index is 466. The molecule has 0 aliphatic carbocycles. The maximum Gasteiger partial charge on any atom is 0.119 e. The number of H-pyrrole nitrogens is 1. The van der Waals surface area contributed by atoms with Crippen LogP contribution in [0.25, 0.3) is 11.3 Å². The molecule has 1 aromatic carbocycles. The summed E-state index contributed by atoms with van der Waals surface area (Å²) in [5.74, 6) is 1.61. The van der Waals surface area contributed by atoms with Crippen LogP contribution in [0.4, 0.5) is 0 Å². The lowest BCUT2D eigenvalue weighted by molar-refractivity contribution is 0.297. The number of aliphatic hydroxyl groups is 1. The van der Waals surface area contributed by atoms with Crippen molar-refractivity contribution in [3.63, 3.8) is 0 Å². The van der Waals surface area contributed by atoms with E-state index in [1.165, 1.54) is 0 Å². The van der Waals surface area contributed by atoms with Gasteiger partial charge in [0.1, 0.15) is 11.6 Å². The third-order valence-corrected chi connectivity index (χ3v) is 2.36. The van der Waals surface area contributed by atoms with Crippen molar-refractivity contribution in [2.24, 2.45) is 0 Å². The molecule has 4 nitrogen and oxygen atoms in total. The molecule has 4 heteroatoms. The third-order valence-electron chi connectivity index (χ3n) is 2.36. The van der Waals surface area contributed by atoms with Gasteiger partial charge in [-0.25, -0.2) is 4.98 Å². The molecule has 0 atom stereocenters. The van der Waals surface area contributed by atoms with Crippen LogP contribution >= 0.6 is 0 Å². The van der Waals surface area contributed by atoms with Crippen molar-refractivity contribution in [2.75, 3.05) is 13.7 Å². The van der Waals surface area contributed by atoms with E-state index >= 15 is 0 Å². The van der Waals surface area contributed by atoms with Gasteiger partial charge < -0.3 is 14.8 Å². The van der Waals surface area contributed by atoms with Crippen LogP contribution in [0.1, 0.15) is 5.82 Å². The average Bonchev–Trinajstić information content (AvgIpc) is 2.78. The second-order valence-corrected chi connectivity index (χ2v) is 3.45. The van der Waals surface area contributed by atoms with Gasteiger partial charge in [-0.2, -0.15) is 0 Å². The number of hydrogen-bond donors (Lipinski definition) is 2. The molecule has 2 aromatic rings. The number of methoxy groups -OCH3 is 1. The fourth-order valence-corrected chi connectivity index (χ4v) is 1.53. The molecule has 0 aliphatic rings. The highest BCUT2D eigenvalue weighted by molar-refractivity contribution is 5.60. The highest BCUT2D eigenvalue weighted by Crippen LogP contribution is 2.22. The van der Waals surface area contributed by atoms with Crippen LogP contribution in [0.3, 0.4) is 0 Å². The molecule has 0 amide bonds. The summed E-state index contributed by atoms with van der Waals surface area (Å²) >= 11 is 0. The van der Waals surface area contributed by atoms with Crippen LogP contribution in [0.15, 0.2) is 30.5 Å². The SMILES string of the molecule is COc1cccc(-c2cnc(CCO)[nH]2)c1. The van der Waals surface area contributed by atoms with E-state index in [1.54, 1.807) is 13.3 Å². The largest absolute Gasteiger partial charge is 0.497 e. The minimum Gasteiger partial charge on any atom is -0.497 e. The van der Waals surface area contributed by atoms with Crippen molar-refractivity contribution in [3.05, 3.63) is 36.3 Å². The predicted molar refractivity (Wildman–Crippen MR) is 61.4 cm³/mol. The Morgan fingerprint density at radius 1 is 1.44 bits per heavy atom. The lowest BCUT2D eigenvalue weighted by atomic mass is 10.1. The molecule has 2 rings (SSSR count). The van der Waals surface area contributed by atoms with E-state index < -0.39 is 0 Å². The van der Waals surface area contributed by atoms with Crippen molar-refractivity contribution >= 4 is 0 Å². The first-order chi connectivity index (χ1) is 7.83. The lowest BCUT2D eigenvalue weighted by Crippen LogP contribution is -1.92. The summed E-state index contributed by atoms with van der Waals surface area (Å²) < 4.78 is 5.16. The summed E-state index contributed by atoms with van der Waals surface area (Å²) in [5.41, 5.74) is 1.96. The van der Waals surface area contributed by atoms with Gasteiger partial charge in [0.05, 0.1) is 25.6 Å². The molecule has 2 N–H and O–H groups in total. The molecule has 0 spiro atoms. The van der Waals surface area contributed by atoms with E-state index in [0.717, 1.165) is 22.8 Å². The van der Waals surface area contributed by atoms with Crippen molar-refractivity contribution in [2.45, 2.75) is 6.42 Å². The van der Waals surface area contributed by atoms with Crippen molar-refractivity contribution in [3.8, 4) is 17.0 Å². The van der Waals surface area contributed by atoms with E-state index in [1.807, 2.05) is 24.3 Å². The highest BCUT2D eigenvalue weighted by atomic mass is 16.5. The maximum absolute atomic E-state index is 8.80. The smallest absolute Gasteiger partial charge is 0.119 e. The zero-order valence-electron chi connectivity index (χ0n) is 9.10. The number of benzene rings is 1. The predicted octanol–water partition coefficient (Wildman–Crippen LogP) is 1.62. The van der Waals surface area contributed by atoms with Crippen LogP contribution in [-0.4, -0.2) is 28.8 Å². The van der Waals surface area contributed by atoms with Gasteiger partial charge in [0, 0.05) is 12.0 Å². The van der Waals surface area contributed by atoms with E-state index in [2.05, 4.69) is 9.97 Å². The maximum atomic E-state index is 8.80. The normalized spacial score (nSPS) is 10.4. The zero-order chi connectivity index (χ0) is 11.4. The number of nitrogens with zero attached hydrogens (tertiary/aromatic N) is 1. The molecule has 84 valence electrons. The van der Waals surface area contributed by atoms with Crippen LogP contribution in [0, 0.1) is 0 Å². The van der Waals surface area contributed by atoms with E-state index in [9.17, 15) is 0 Å². The first-order valence-corrected chi connectivity index (χ1v) is 5.12. The van der Waals surface area contributed by atoms with Gasteiger partial charge in [0.25, 0.3) is 0 Å². The molecule has 1 aromatic heterocycles. The summed E-state index contributed by atoms with van der Waals surface area (Å²) in [7, 11) is 1.64. The van der Waals surface area contributed by atoms with Gasteiger partial charge in [-0.05, 0) is 12.1 Å². The van der Waals surface area contributed by atoms with Gasteiger partial charge in [0.15, 0.2) is 0 Å². The first-order valence-electron chi connectivity index (χ1n) is 5.12. The van der Waals surface area contributed by atoms with Gasteiger partial charge in [-0.15, -0.1) is 0 Å². The molecule has 0 saturated carbocycles. The second kappa shape index (κ2) is 4.81. The fraction of sp³-hybridized carbons (Fsp3) is 0.250. The Morgan fingerprint density at radius 2 is 2.31 bits per heavy atom. The minimum absolute atomic E-state index is 0.102. The molecule has 0 saturated heterocycles. The van der Waals surface area contributed by atoms with Crippen LogP contribution in [0.5, 0.6) is 5.75 Å². The quantitative estimate of drug-likeness (QED) is 0.819. The second-order valence-electron chi connectivity index (χ2n) is 3.45. The summed E-state index contributed by atoms with van der Waals surface area (Å²) in [6.07, 6.45) is 2.31. The monoisotopic (exact) mass is 218 g/mol. The molecule has 0 aliphatic heterocycles. The number of ether oxygens (including phenoxy) is 1. The number of aliphatic hydroxyl groups excluding tert-OH is 1. The summed E-state index contributed by atoms with van der Waals surface area (Å²) in [6, 6.07) is 7.75. The summed E-state index contributed by atoms with van der Waals surface area (Å²) in [4.78, 5) is 7.34. The Kier molecular flexibility index (Phi) is 3.22. The number of nitrogens with one attached hydrogen (secondary N) is 1. The summed E-state index contributed by atoms with van der Waals surface area (Å²) in [6.45, 7) is 0.102. The van der Waals surface area contributed by atoms with Crippen LogP contribution < -0.4 is 4.74 Å². The third kappa shape index (κ3) is 2.23. The molecule has 0 unspecified atom stereocenters. The van der Waals surface area contributed by atoms with Gasteiger partial charge >= 0.3 is 0 Å². The number of aromatic amines is 1.